The van der Waals surface area contributed by atoms with E-state index in [0.717, 1.165) is 0 Å². The highest BCUT2D eigenvalue weighted by Gasteiger charge is 2.40. The van der Waals surface area contributed by atoms with Gasteiger partial charge in [-0.3, -0.25) is 0 Å². The van der Waals surface area contributed by atoms with Crippen molar-refractivity contribution in [2.24, 2.45) is 0 Å². The molecular formula is C19H24O6. The van der Waals surface area contributed by atoms with Gasteiger partial charge in [-0.1, -0.05) is 0 Å². The molecule has 2 aromatic rings. The molecule has 0 spiro atoms. The summed E-state index contributed by atoms with van der Waals surface area (Å²) in [7, 11) is 9.49. The van der Waals surface area contributed by atoms with Crippen LogP contribution in [0.5, 0.6) is 23.0 Å². The zero-order valence-corrected chi connectivity index (χ0v) is 15.4. The van der Waals surface area contributed by atoms with E-state index in [1.807, 2.05) is 24.3 Å². The van der Waals surface area contributed by atoms with Gasteiger partial charge in [-0.2, -0.15) is 0 Å². The van der Waals surface area contributed by atoms with E-state index in [1.54, 1.807) is 54.8 Å². The molecule has 136 valence electrons. The van der Waals surface area contributed by atoms with Crippen LogP contribution in [0.1, 0.15) is 11.1 Å². The average Bonchev–Trinajstić information content (AvgIpc) is 2.69. The van der Waals surface area contributed by atoms with E-state index < -0.39 is 5.79 Å². The number of rotatable bonds is 8. The van der Waals surface area contributed by atoms with Crippen LogP contribution >= 0.6 is 0 Å². The quantitative estimate of drug-likeness (QED) is 0.683. The van der Waals surface area contributed by atoms with Crippen LogP contribution in [0.25, 0.3) is 0 Å². The first-order valence-electron chi connectivity index (χ1n) is 7.65. The predicted octanol–water partition coefficient (Wildman–Crippen LogP) is 3.21. The predicted molar refractivity (Wildman–Crippen MR) is 93.9 cm³/mol. The molecule has 6 heteroatoms. The minimum absolute atomic E-state index is 0.570. The molecule has 0 unspecified atom stereocenters. The van der Waals surface area contributed by atoms with Crippen molar-refractivity contribution in [2.75, 3.05) is 42.7 Å². The summed E-state index contributed by atoms with van der Waals surface area (Å²) < 4.78 is 33.3. The fourth-order valence-corrected chi connectivity index (χ4v) is 2.81. The molecule has 0 atom stereocenters. The lowest BCUT2D eigenvalue weighted by molar-refractivity contribution is -0.185. The number of benzene rings is 2. The molecule has 0 saturated carbocycles. The second-order valence-corrected chi connectivity index (χ2v) is 5.16. The maximum atomic E-state index is 5.83. The van der Waals surface area contributed by atoms with Gasteiger partial charge in [-0.25, -0.2) is 0 Å². The largest absolute Gasteiger partial charge is 0.497 e. The van der Waals surface area contributed by atoms with Gasteiger partial charge in [0.25, 0.3) is 0 Å². The van der Waals surface area contributed by atoms with Gasteiger partial charge < -0.3 is 28.4 Å². The van der Waals surface area contributed by atoms with Crippen molar-refractivity contribution in [1.29, 1.82) is 0 Å². The third kappa shape index (κ3) is 3.36. The second-order valence-electron chi connectivity index (χ2n) is 5.16. The Hall–Kier alpha value is -2.44. The summed E-state index contributed by atoms with van der Waals surface area (Å²) in [4.78, 5) is 0. The van der Waals surface area contributed by atoms with E-state index in [0.29, 0.717) is 34.1 Å². The Morgan fingerprint density at radius 3 is 1.24 bits per heavy atom. The lowest BCUT2D eigenvalue weighted by atomic mass is 9.94. The van der Waals surface area contributed by atoms with Crippen molar-refractivity contribution in [3.63, 3.8) is 0 Å². The van der Waals surface area contributed by atoms with Crippen LogP contribution in [-0.2, 0) is 15.3 Å². The number of hydrogen-bond acceptors (Lipinski definition) is 6. The van der Waals surface area contributed by atoms with Crippen molar-refractivity contribution in [3.8, 4) is 23.0 Å². The van der Waals surface area contributed by atoms with E-state index in [9.17, 15) is 0 Å². The Kier molecular flexibility index (Phi) is 6.12. The molecule has 0 bridgehead atoms. The van der Waals surface area contributed by atoms with Crippen molar-refractivity contribution < 1.29 is 28.4 Å². The molecule has 2 aromatic carbocycles. The third-order valence-corrected chi connectivity index (χ3v) is 4.10. The Morgan fingerprint density at radius 2 is 0.960 bits per heavy atom. The van der Waals surface area contributed by atoms with Crippen molar-refractivity contribution in [1.82, 2.24) is 0 Å². The first-order chi connectivity index (χ1) is 12.1. The van der Waals surface area contributed by atoms with Crippen LogP contribution in [0.2, 0.25) is 0 Å². The van der Waals surface area contributed by atoms with Crippen LogP contribution in [0.3, 0.4) is 0 Å². The topological polar surface area (TPSA) is 55.4 Å². The SMILES string of the molecule is COc1ccc(C(OC)(OC)c2ccc(OC)cc2OC)c(OC)c1. The molecule has 0 fully saturated rings. The summed E-state index contributed by atoms with van der Waals surface area (Å²) >= 11 is 0. The van der Waals surface area contributed by atoms with E-state index in [1.165, 1.54) is 0 Å². The van der Waals surface area contributed by atoms with Crippen molar-refractivity contribution >= 4 is 0 Å². The van der Waals surface area contributed by atoms with Crippen LogP contribution in [0.15, 0.2) is 36.4 Å². The van der Waals surface area contributed by atoms with Crippen LogP contribution in [0, 0.1) is 0 Å². The lowest BCUT2D eigenvalue weighted by Crippen LogP contribution is -2.33. The van der Waals surface area contributed by atoms with Gasteiger partial charge >= 0.3 is 0 Å². The summed E-state index contributed by atoms with van der Waals surface area (Å²) in [5, 5.41) is 0. The highest BCUT2D eigenvalue weighted by Crippen LogP contribution is 2.44. The zero-order chi connectivity index (χ0) is 18.4. The van der Waals surface area contributed by atoms with Gasteiger partial charge in [0.2, 0.25) is 5.79 Å². The average molecular weight is 348 g/mol. The molecule has 6 nitrogen and oxygen atoms in total. The van der Waals surface area contributed by atoms with Crippen LogP contribution in [0.4, 0.5) is 0 Å². The van der Waals surface area contributed by atoms with E-state index in [4.69, 9.17) is 28.4 Å². The van der Waals surface area contributed by atoms with E-state index in [2.05, 4.69) is 0 Å². The molecule has 0 aliphatic heterocycles. The minimum atomic E-state index is -1.23. The maximum Gasteiger partial charge on any atom is 0.229 e. The van der Waals surface area contributed by atoms with Gasteiger partial charge in [0.05, 0.1) is 39.6 Å². The van der Waals surface area contributed by atoms with E-state index >= 15 is 0 Å². The molecule has 0 aliphatic rings. The highest BCUT2D eigenvalue weighted by molar-refractivity contribution is 5.52. The van der Waals surface area contributed by atoms with Crippen molar-refractivity contribution in [2.45, 2.75) is 5.79 Å². The van der Waals surface area contributed by atoms with Gasteiger partial charge in [0.1, 0.15) is 23.0 Å². The van der Waals surface area contributed by atoms with E-state index in [-0.39, 0.29) is 0 Å². The molecule has 0 heterocycles. The highest BCUT2D eigenvalue weighted by atomic mass is 16.7. The summed E-state index contributed by atoms with van der Waals surface area (Å²) in [6, 6.07) is 10.9. The van der Waals surface area contributed by atoms with Gasteiger partial charge in [-0.05, 0) is 24.3 Å². The molecule has 0 saturated heterocycles. The van der Waals surface area contributed by atoms with Gasteiger partial charge in [0, 0.05) is 26.4 Å². The summed E-state index contributed by atoms with van der Waals surface area (Å²) in [5.41, 5.74) is 1.37. The zero-order valence-electron chi connectivity index (χ0n) is 15.4. The fourth-order valence-electron chi connectivity index (χ4n) is 2.81. The number of hydrogen-bond donors (Lipinski definition) is 0. The monoisotopic (exact) mass is 348 g/mol. The Labute approximate surface area is 148 Å². The minimum Gasteiger partial charge on any atom is -0.497 e. The first kappa shape index (κ1) is 18.9. The fraction of sp³-hybridized carbons (Fsp3) is 0.368. The normalized spacial score (nSPS) is 11.1. The molecule has 0 amide bonds. The third-order valence-electron chi connectivity index (χ3n) is 4.10. The molecule has 0 N–H and O–H groups in total. The molecule has 0 radical (unpaired) electrons. The summed E-state index contributed by atoms with van der Waals surface area (Å²) in [6.45, 7) is 0. The first-order valence-corrected chi connectivity index (χ1v) is 7.65. The van der Waals surface area contributed by atoms with Crippen LogP contribution in [-0.4, -0.2) is 42.7 Å². The van der Waals surface area contributed by atoms with Gasteiger partial charge in [0.15, 0.2) is 0 Å². The summed E-state index contributed by atoms with van der Waals surface area (Å²) in [5.74, 6) is 1.25. The summed E-state index contributed by atoms with van der Waals surface area (Å²) in [6.07, 6.45) is 0. The maximum absolute atomic E-state index is 5.83. The molecule has 25 heavy (non-hydrogen) atoms. The smallest absolute Gasteiger partial charge is 0.229 e. The Morgan fingerprint density at radius 1 is 0.560 bits per heavy atom. The Bertz CT molecular complexity index is 652. The molecule has 2 rings (SSSR count). The van der Waals surface area contributed by atoms with Gasteiger partial charge in [-0.15, -0.1) is 0 Å². The molecule has 0 aliphatic carbocycles. The Balaban J connectivity index is 2.72. The standard InChI is InChI=1S/C19H24O6/c1-20-13-7-9-15(17(11-13)22-3)19(24-5,25-6)16-10-8-14(21-2)12-18(16)23-4/h7-12H,1-6H3. The van der Waals surface area contributed by atoms with Crippen molar-refractivity contribution in [3.05, 3.63) is 47.5 Å². The molecular weight excluding hydrogens is 324 g/mol. The number of methoxy groups -OCH3 is 6. The molecule has 0 aromatic heterocycles. The second kappa shape index (κ2) is 8.09. The lowest BCUT2D eigenvalue weighted by Gasteiger charge is -2.34. The number of ether oxygens (including phenoxy) is 6. The van der Waals surface area contributed by atoms with Crippen LogP contribution < -0.4 is 18.9 Å².